The van der Waals surface area contributed by atoms with Crippen LogP contribution in [0.25, 0.3) is 34.4 Å². The molecular formula is C44H42Cl4N4O8S. The Balaban J connectivity index is 1.38. The minimum absolute atomic E-state index is 0.168. The summed E-state index contributed by atoms with van der Waals surface area (Å²) in [4.78, 5) is 54.9. The van der Waals surface area contributed by atoms with E-state index in [-0.39, 0.29) is 43.7 Å². The summed E-state index contributed by atoms with van der Waals surface area (Å²) in [7, 11) is 3.11. The molecule has 0 spiro atoms. The number of nitrogens with one attached hydrogen (secondary N) is 2. The summed E-state index contributed by atoms with van der Waals surface area (Å²) >= 11 is 29.6. The summed E-state index contributed by atoms with van der Waals surface area (Å²) in [6.07, 6.45) is 7.69. The first-order valence-electron chi connectivity index (χ1n) is 19.2. The second-order valence-electron chi connectivity index (χ2n) is 14.2. The Bertz CT molecular complexity index is 2220. The number of piperidine rings is 2. The summed E-state index contributed by atoms with van der Waals surface area (Å²) < 4.78 is 11.5. The van der Waals surface area contributed by atoms with Gasteiger partial charge in [0.25, 0.3) is 0 Å². The van der Waals surface area contributed by atoms with Crippen LogP contribution in [0.4, 0.5) is 0 Å². The maximum absolute atomic E-state index is 13.4. The lowest BCUT2D eigenvalue weighted by Crippen LogP contribution is -2.41. The number of para-hydroxylation sites is 2. The van der Waals surface area contributed by atoms with Crippen molar-refractivity contribution in [1.82, 2.24) is 20.8 Å². The van der Waals surface area contributed by atoms with Crippen LogP contribution < -0.4 is 20.4 Å². The fraction of sp³-hybridized carbons (Fsp3) is 0.273. The zero-order chi connectivity index (χ0) is 43.8. The number of hydrogen-bond acceptors (Lipinski definition) is 9. The standard InChI is InChI=1S/C44H42Cl4N4O8S/c1-59-33-9-5-3-7-27(33)31-23-35(41(47)39(45)29(31)11-13-37(53)51-19-15-25(16-20-51)43(55)49-57)61-36-24-32(28-8-4-6-10-34(28)60-2)30(40(46)42(36)48)12-14-38(54)52-21-17-26(18-22-52)44(56)50-58/h3-14,23-26,57-58H,15-22H2,1-2H3,(H,49,55)(H,50,56)/b13-11+,14-12+. The molecule has 4 aromatic rings. The van der Waals surface area contributed by atoms with Crippen LogP contribution in [0.5, 0.6) is 11.5 Å². The van der Waals surface area contributed by atoms with Gasteiger partial charge in [-0.2, -0.15) is 0 Å². The summed E-state index contributed by atoms with van der Waals surface area (Å²) in [6.45, 7) is 1.34. The van der Waals surface area contributed by atoms with Crippen LogP contribution in [0.2, 0.25) is 20.1 Å². The van der Waals surface area contributed by atoms with Gasteiger partial charge in [0.2, 0.25) is 23.6 Å². The Morgan fingerprint density at radius 2 is 0.967 bits per heavy atom. The fourth-order valence-corrected chi connectivity index (χ4v) is 9.60. The molecule has 4 N–H and O–H groups in total. The first kappa shape index (κ1) is 45.8. The number of benzene rings is 4. The number of hydroxylamine groups is 2. The van der Waals surface area contributed by atoms with E-state index in [1.165, 1.54) is 23.9 Å². The molecule has 0 aromatic heterocycles. The highest BCUT2D eigenvalue weighted by molar-refractivity contribution is 7.99. The van der Waals surface area contributed by atoms with Crippen molar-refractivity contribution in [1.29, 1.82) is 0 Å². The van der Waals surface area contributed by atoms with Gasteiger partial charge in [0.15, 0.2) is 0 Å². The average Bonchev–Trinajstić information content (AvgIpc) is 3.30. The molecule has 0 bridgehead atoms. The van der Waals surface area contributed by atoms with Crippen LogP contribution in [-0.2, 0) is 19.2 Å². The van der Waals surface area contributed by atoms with Crippen molar-refractivity contribution in [2.45, 2.75) is 35.5 Å². The zero-order valence-electron chi connectivity index (χ0n) is 33.1. The topological polar surface area (TPSA) is 158 Å². The largest absolute Gasteiger partial charge is 0.496 e. The number of methoxy groups -OCH3 is 2. The maximum Gasteiger partial charge on any atom is 0.246 e. The molecule has 2 aliphatic rings. The van der Waals surface area contributed by atoms with Gasteiger partial charge in [-0.05, 0) is 73.2 Å². The highest BCUT2D eigenvalue weighted by Crippen LogP contribution is 2.50. The number of carbonyl (C=O) groups is 4. The molecule has 0 saturated carbocycles. The number of likely N-dealkylation sites (tertiary alicyclic amines) is 2. The second-order valence-corrected chi connectivity index (χ2v) is 16.8. The van der Waals surface area contributed by atoms with Gasteiger partial charge in [-0.3, -0.25) is 29.6 Å². The fourth-order valence-electron chi connectivity index (χ4n) is 7.43. The molecule has 4 amide bonds. The van der Waals surface area contributed by atoms with Crippen LogP contribution in [0.1, 0.15) is 36.8 Å². The van der Waals surface area contributed by atoms with Crippen LogP contribution >= 0.6 is 58.2 Å². The SMILES string of the molecule is COc1ccccc1-c1cc(Sc2cc(-c3ccccc3OC)c(/C=C/C(=O)N3CCC(C(=O)NO)CC3)c(Cl)c2Cl)c(Cl)c(Cl)c1/C=C/C(=O)N1CCC(C(=O)NO)CC1. The maximum atomic E-state index is 13.4. The van der Waals surface area contributed by atoms with E-state index in [4.69, 9.17) is 66.3 Å². The summed E-state index contributed by atoms with van der Waals surface area (Å²) in [6, 6.07) is 18.4. The molecule has 2 saturated heterocycles. The van der Waals surface area contributed by atoms with E-state index in [1.54, 1.807) is 59.3 Å². The molecule has 2 heterocycles. The number of rotatable bonds is 12. The smallest absolute Gasteiger partial charge is 0.246 e. The molecule has 0 unspecified atom stereocenters. The third-order valence-corrected chi connectivity index (χ3v) is 13.9. The molecule has 0 radical (unpaired) electrons. The number of nitrogens with zero attached hydrogens (tertiary/aromatic N) is 2. The van der Waals surface area contributed by atoms with Gasteiger partial charge in [-0.25, -0.2) is 11.0 Å². The van der Waals surface area contributed by atoms with Crippen molar-refractivity contribution in [3.8, 4) is 33.8 Å². The number of carbonyl (C=O) groups excluding carboxylic acids is 4. The first-order chi connectivity index (χ1) is 29.4. The molecule has 2 fully saturated rings. The normalized spacial score (nSPS) is 15.0. The van der Waals surface area contributed by atoms with Crippen molar-refractivity contribution >= 4 is 93.9 Å². The third kappa shape index (κ3) is 10.3. The van der Waals surface area contributed by atoms with E-state index < -0.39 is 11.8 Å². The van der Waals surface area contributed by atoms with Gasteiger partial charge in [-0.15, -0.1) is 0 Å². The monoisotopic (exact) mass is 926 g/mol. The molecular weight excluding hydrogens is 886 g/mol. The van der Waals surface area contributed by atoms with E-state index in [1.807, 2.05) is 48.5 Å². The number of halogens is 4. The second kappa shape index (κ2) is 20.9. The van der Waals surface area contributed by atoms with E-state index in [2.05, 4.69) is 0 Å². The van der Waals surface area contributed by atoms with Crippen molar-refractivity contribution < 1.29 is 39.1 Å². The Hall–Kier alpha value is -4.73. The highest BCUT2D eigenvalue weighted by Gasteiger charge is 2.29. The van der Waals surface area contributed by atoms with E-state index in [0.29, 0.717) is 107 Å². The molecule has 0 atom stereocenters. The molecule has 17 heteroatoms. The number of hydrogen-bond donors (Lipinski definition) is 4. The van der Waals surface area contributed by atoms with Crippen LogP contribution in [0.3, 0.4) is 0 Å². The lowest BCUT2D eigenvalue weighted by atomic mass is 9.96. The van der Waals surface area contributed by atoms with E-state index >= 15 is 0 Å². The van der Waals surface area contributed by atoms with Crippen LogP contribution in [0, 0.1) is 11.8 Å². The molecule has 0 aliphatic carbocycles. The molecule has 12 nitrogen and oxygen atoms in total. The van der Waals surface area contributed by atoms with Gasteiger partial charge in [0.1, 0.15) is 11.5 Å². The van der Waals surface area contributed by atoms with Gasteiger partial charge in [-0.1, -0.05) is 94.6 Å². The van der Waals surface area contributed by atoms with Gasteiger partial charge in [0, 0.05) is 82.2 Å². The van der Waals surface area contributed by atoms with Gasteiger partial charge < -0.3 is 19.3 Å². The van der Waals surface area contributed by atoms with Gasteiger partial charge in [0.05, 0.1) is 34.3 Å². The number of amides is 4. The lowest BCUT2D eigenvalue weighted by Gasteiger charge is -2.30. The predicted octanol–water partition coefficient (Wildman–Crippen LogP) is 9.32. The molecule has 4 aromatic carbocycles. The van der Waals surface area contributed by atoms with Crippen LogP contribution in [0.15, 0.2) is 82.6 Å². The summed E-state index contributed by atoms with van der Waals surface area (Å²) in [5.74, 6) is -1.17. The predicted molar refractivity (Wildman–Crippen MR) is 238 cm³/mol. The van der Waals surface area contributed by atoms with Crippen LogP contribution in [-0.4, -0.2) is 84.2 Å². The Morgan fingerprint density at radius 1 is 0.607 bits per heavy atom. The quantitative estimate of drug-likeness (QED) is 0.0618. The van der Waals surface area contributed by atoms with Gasteiger partial charge >= 0.3 is 0 Å². The Kier molecular flexibility index (Phi) is 15.7. The van der Waals surface area contributed by atoms with E-state index in [9.17, 15) is 19.2 Å². The Morgan fingerprint density at radius 3 is 1.31 bits per heavy atom. The highest BCUT2D eigenvalue weighted by atomic mass is 35.5. The lowest BCUT2D eigenvalue weighted by molar-refractivity contribution is -0.137. The summed E-state index contributed by atoms with van der Waals surface area (Å²) in [5, 5.41) is 18.8. The summed E-state index contributed by atoms with van der Waals surface area (Å²) in [5.41, 5.74) is 6.90. The van der Waals surface area contributed by atoms with Crippen molar-refractivity contribution in [3.63, 3.8) is 0 Å². The Labute approximate surface area is 377 Å². The molecule has 320 valence electrons. The minimum Gasteiger partial charge on any atom is -0.496 e. The third-order valence-electron chi connectivity index (χ3n) is 10.8. The first-order valence-corrected chi connectivity index (χ1v) is 21.5. The molecule has 6 rings (SSSR count). The molecule has 2 aliphatic heterocycles. The molecule has 61 heavy (non-hydrogen) atoms. The van der Waals surface area contributed by atoms with Crippen molar-refractivity contribution in [2.75, 3.05) is 40.4 Å². The van der Waals surface area contributed by atoms with Crippen molar-refractivity contribution in [3.05, 3.63) is 104 Å². The zero-order valence-corrected chi connectivity index (χ0v) is 36.9. The van der Waals surface area contributed by atoms with E-state index in [0.717, 1.165) is 0 Å². The number of ether oxygens (including phenoxy) is 2. The minimum atomic E-state index is -0.468. The van der Waals surface area contributed by atoms with Crippen molar-refractivity contribution in [2.24, 2.45) is 11.8 Å². The average molecular weight is 929 g/mol.